The Morgan fingerprint density at radius 3 is 2.08 bits per heavy atom. The highest BCUT2D eigenvalue weighted by atomic mass is 35.5. The quantitative estimate of drug-likeness (QED) is 0.548. The molecule has 0 heterocycles. The molecule has 0 aliphatic carbocycles. The van der Waals surface area contributed by atoms with E-state index in [1.807, 2.05) is 67.6 Å². The third kappa shape index (κ3) is 3.75. The van der Waals surface area contributed by atoms with E-state index in [9.17, 15) is 0 Å². The predicted molar refractivity (Wildman–Crippen MR) is 101 cm³/mol. The van der Waals surface area contributed by atoms with E-state index in [2.05, 4.69) is 4.99 Å². The van der Waals surface area contributed by atoms with Crippen molar-refractivity contribution < 1.29 is 9.47 Å². The van der Waals surface area contributed by atoms with Gasteiger partial charge in [-0.1, -0.05) is 54.1 Å². The van der Waals surface area contributed by atoms with Gasteiger partial charge in [-0.2, -0.15) is 0 Å². The normalized spacial score (nSPS) is 13.2. The van der Waals surface area contributed by atoms with E-state index >= 15 is 0 Å². The van der Waals surface area contributed by atoms with Crippen LogP contribution in [-0.2, 0) is 15.3 Å². The average Bonchev–Trinajstić information content (AvgIpc) is 2.63. The van der Waals surface area contributed by atoms with Gasteiger partial charge in [0.2, 0.25) is 5.79 Å². The van der Waals surface area contributed by atoms with E-state index in [1.54, 1.807) is 21.3 Å². The van der Waals surface area contributed by atoms with Crippen LogP contribution in [-0.4, -0.2) is 27.0 Å². The Hall–Kier alpha value is -1.94. The highest BCUT2D eigenvalue weighted by Crippen LogP contribution is 2.30. The van der Waals surface area contributed by atoms with Crippen molar-refractivity contribution in [2.24, 2.45) is 4.99 Å². The van der Waals surface area contributed by atoms with Gasteiger partial charge in [0.15, 0.2) is 0 Å². The monoisotopic (exact) mass is 343 g/mol. The first-order valence-electron chi connectivity index (χ1n) is 7.64. The van der Waals surface area contributed by atoms with Gasteiger partial charge < -0.3 is 9.47 Å². The zero-order valence-electron chi connectivity index (χ0n) is 14.4. The molecular formula is C20H22ClNO2. The molecule has 0 saturated carbocycles. The lowest BCUT2D eigenvalue weighted by Gasteiger charge is -2.31. The summed E-state index contributed by atoms with van der Waals surface area (Å²) in [6, 6.07) is 17.5. The van der Waals surface area contributed by atoms with Crippen molar-refractivity contribution in [3.63, 3.8) is 0 Å². The third-order valence-electron chi connectivity index (χ3n) is 3.96. The predicted octanol–water partition coefficient (Wildman–Crippen LogP) is 4.96. The van der Waals surface area contributed by atoms with Crippen LogP contribution in [0.3, 0.4) is 0 Å². The SMILES string of the molecule is CN=C(/C=C(\C)c1ccc(Cl)cc1)C(OC)(OC)c1ccccc1. The number of hydrogen-bond acceptors (Lipinski definition) is 3. The Kier molecular flexibility index (Phi) is 6.32. The van der Waals surface area contributed by atoms with Crippen LogP contribution in [0, 0.1) is 0 Å². The van der Waals surface area contributed by atoms with Gasteiger partial charge in [-0.25, -0.2) is 0 Å². The Morgan fingerprint density at radius 1 is 1.00 bits per heavy atom. The van der Waals surface area contributed by atoms with Crippen molar-refractivity contribution in [2.75, 3.05) is 21.3 Å². The summed E-state index contributed by atoms with van der Waals surface area (Å²) < 4.78 is 11.5. The summed E-state index contributed by atoms with van der Waals surface area (Å²) in [5, 5.41) is 0.711. The Balaban J connectivity index is 2.48. The van der Waals surface area contributed by atoms with Crippen LogP contribution in [0.2, 0.25) is 5.02 Å². The van der Waals surface area contributed by atoms with Gasteiger partial charge in [-0.3, -0.25) is 4.99 Å². The number of allylic oxidation sites excluding steroid dienone is 1. The molecule has 4 heteroatoms. The van der Waals surface area contributed by atoms with Crippen molar-refractivity contribution >= 4 is 22.9 Å². The molecule has 0 spiro atoms. The molecule has 2 rings (SSSR count). The van der Waals surface area contributed by atoms with E-state index in [-0.39, 0.29) is 0 Å². The summed E-state index contributed by atoms with van der Waals surface area (Å²) in [5.74, 6) is -1.05. The highest BCUT2D eigenvalue weighted by Gasteiger charge is 2.37. The standard InChI is InChI=1S/C20H22ClNO2/c1-15(16-10-12-18(21)13-11-16)14-19(22-2)20(23-3,24-4)17-8-6-5-7-9-17/h5-14H,1-4H3/b15-14+,22-19?. The number of ether oxygens (including phenoxy) is 2. The van der Waals surface area contributed by atoms with E-state index in [1.165, 1.54) is 0 Å². The summed E-state index contributed by atoms with van der Waals surface area (Å²) in [6.45, 7) is 2.02. The van der Waals surface area contributed by atoms with Gasteiger partial charge in [0.05, 0.1) is 5.71 Å². The van der Waals surface area contributed by atoms with E-state index in [0.717, 1.165) is 16.7 Å². The molecule has 2 aromatic rings. The van der Waals surface area contributed by atoms with Crippen molar-refractivity contribution in [2.45, 2.75) is 12.7 Å². The first-order chi connectivity index (χ1) is 11.6. The van der Waals surface area contributed by atoms with Crippen LogP contribution in [0.25, 0.3) is 5.57 Å². The Labute approximate surface area is 148 Å². The topological polar surface area (TPSA) is 30.8 Å². The maximum absolute atomic E-state index is 5.96. The fourth-order valence-electron chi connectivity index (χ4n) is 2.64. The summed E-state index contributed by atoms with van der Waals surface area (Å²) >= 11 is 5.96. The van der Waals surface area contributed by atoms with Crippen molar-refractivity contribution in [1.82, 2.24) is 0 Å². The van der Waals surface area contributed by atoms with Gasteiger partial charge in [0, 0.05) is 31.9 Å². The minimum absolute atomic E-state index is 0.686. The fourth-order valence-corrected chi connectivity index (χ4v) is 2.77. The zero-order valence-corrected chi connectivity index (χ0v) is 15.2. The van der Waals surface area contributed by atoms with E-state index < -0.39 is 5.79 Å². The Bertz CT molecular complexity index is 717. The molecule has 0 bridgehead atoms. The van der Waals surface area contributed by atoms with Crippen LogP contribution >= 0.6 is 11.6 Å². The number of benzene rings is 2. The molecule has 0 fully saturated rings. The largest absolute Gasteiger partial charge is 0.344 e. The maximum atomic E-state index is 5.96. The van der Waals surface area contributed by atoms with Crippen molar-refractivity contribution in [3.8, 4) is 0 Å². The minimum atomic E-state index is -1.05. The third-order valence-corrected chi connectivity index (χ3v) is 4.21. The van der Waals surface area contributed by atoms with Crippen LogP contribution < -0.4 is 0 Å². The molecule has 0 N–H and O–H groups in total. The number of methoxy groups -OCH3 is 2. The van der Waals surface area contributed by atoms with Gasteiger partial charge in [0.25, 0.3) is 0 Å². The average molecular weight is 344 g/mol. The number of halogens is 1. The second-order valence-electron chi connectivity index (χ2n) is 5.33. The maximum Gasteiger partial charge on any atom is 0.238 e. The number of rotatable bonds is 6. The molecule has 0 aromatic heterocycles. The lowest BCUT2D eigenvalue weighted by atomic mass is 9.96. The number of aliphatic imine (C=N–C) groups is 1. The molecule has 3 nitrogen and oxygen atoms in total. The molecular weight excluding hydrogens is 322 g/mol. The van der Waals surface area contributed by atoms with Crippen LogP contribution in [0.4, 0.5) is 0 Å². The van der Waals surface area contributed by atoms with Gasteiger partial charge in [-0.05, 0) is 36.3 Å². The van der Waals surface area contributed by atoms with Gasteiger partial charge >= 0.3 is 0 Å². The van der Waals surface area contributed by atoms with E-state index in [4.69, 9.17) is 21.1 Å². The second-order valence-corrected chi connectivity index (χ2v) is 5.77. The lowest BCUT2D eigenvalue weighted by Crippen LogP contribution is -2.39. The molecule has 0 aliphatic rings. The molecule has 2 aromatic carbocycles. The summed E-state index contributed by atoms with van der Waals surface area (Å²) in [6.07, 6.45) is 1.98. The fraction of sp³-hybridized carbons (Fsp3) is 0.250. The molecule has 0 atom stereocenters. The lowest BCUT2D eigenvalue weighted by molar-refractivity contribution is -0.160. The van der Waals surface area contributed by atoms with Gasteiger partial charge in [-0.15, -0.1) is 0 Å². The number of nitrogens with zero attached hydrogens (tertiary/aromatic N) is 1. The Morgan fingerprint density at radius 2 is 1.58 bits per heavy atom. The highest BCUT2D eigenvalue weighted by molar-refractivity contribution is 6.30. The van der Waals surface area contributed by atoms with Gasteiger partial charge in [0.1, 0.15) is 0 Å². The number of hydrogen-bond donors (Lipinski definition) is 0. The molecule has 0 amide bonds. The zero-order chi connectivity index (χ0) is 17.6. The van der Waals surface area contributed by atoms with Crippen LogP contribution in [0.15, 0.2) is 65.7 Å². The smallest absolute Gasteiger partial charge is 0.238 e. The summed E-state index contributed by atoms with van der Waals surface area (Å²) in [4.78, 5) is 4.43. The summed E-state index contributed by atoms with van der Waals surface area (Å²) in [5.41, 5.74) is 3.68. The first-order valence-corrected chi connectivity index (χ1v) is 8.02. The molecule has 0 radical (unpaired) electrons. The second kappa shape index (κ2) is 8.25. The van der Waals surface area contributed by atoms with Crippen molar-refractivity contribution in [1.29, 1.82) is 0 Å². The molecule has 0 aliphatic heterocycles. The first kappa shape index (κ1) is 18.4. The summed E-state index contributed by atoms with van der Waals surface area (Å²) in [7, 11) is 4.97. The van der Waals surface area contributed by atoms with E-state index in [0.29, 0.717) is 10.7 Å². The van der Waals surface area contributed by atoms with Crippen molar-refractivity contribution in [3.05, 3.63) is 76.8 Å². The minimum Gasteiger partial charge on any atom is -0.344 e. The molecule has 126 valence electrons. The molecule has 24 heavy (non-hydrogen) atoms. The van der Waals surface area contributed by atoms with Crippen LogP contribution in [0.5, 0.6) is 0 Å². The molecule has 0 saturated heterocycles. The van der Waals surface area contributed by atoms with Crippen LogP contribution in [0.1, 0.15) is 18.1 Å². The molecule has 0 unspecified atom stereocenters.